The third-order valence-electron chi connectivity index (χ3n) is 5.29. The van der Waals surface area contributed by atoms with E-state index in [-0.39, 0.29) is 18.5 Å². The highest BCUT2D eigenvalue weighted by Gasteiger charge is 2.31. The fourth-order valence-electron chi connectivity index (χ4n) is 3.52. The molecule has 0 unspecified atom stereocenters. The standard InChI is InChI=1S/C24H31Cl2N3O4S/c1-15(2)27-24(31)18(5)28(13-19-20(25)8-7-9-21(19)26)23(30)14-29(34(6,32)33)22-11-10-16(3)12-17(22)4/h7-12,15,18H,13-14H2,1-6H3,(H,27,31)/t18-/m0/s1. The van der Waals surface area contributed by atoms with E-state index in [1.54, 1.807) is 44.2 Å². The van der Waals surface area contributed by atoms with Gasteiger partial charge in [0, 0.05) is 28.2 Å². The van der Waals surface area contributed by atoms with E-state index in [2.05, 4.69) is 5.32 Å². The predicted octanol–water partition coefficient (Wildman–Crippen LogP) is 4.32. The average Bonchev–Trinajstić information content (AvgIpc) is 2.70. The van der Waals surface area contributed by atoms with Crippen molar-refractivity contribution in [3.05, 3.63) is 63.1 Å². The summed E-state index contributed by atoms with van der Waals surface area (Å²) in [6, 6.07) is 9.22. The first kappa shape index (κ1) is 28.0. The zero-order valence-electron chi connectivity index (χ0n) is 20.2. The summed E-state index contributed by atoms with van der Waals surface area (Å²) in [6.45, 7) is 8.35. The summed E-state index contributed by atoms with van der Waals surface area (Å²) in [6.07, 6.45) is 1.05. The number of sulfonamides is 1. The Bertz CT molecular complexity index is 1150. The summed E-state index contributed by atoms with van der Waals surface area (Å²) in [5.41, 5.74) is 2.55. The van der Waals surface area contributed by atoms with Gasteiger partial charge < -0.3 is 10.2 Å². The minimum Gasteiger partial charge on any atom is -0.352 e. The van der Waals surface area contributed by atoms with Crippen molar-refractivity contribution < 1.29 is 18.0 Å². The van der Waals surface area contributed by atoms with Crippen LogP contribution >= 0.6 is 23.2 Å². The van der Waals surface area contributed by atoms with Crippen LogP contribution in [-0.4, -0.2) is 50.0 Å². The number of carbonyl (C=O) groups excluding carboxylic acids is 2. The van der Waals surface area contributed by atoms with Gasteiger partial charge in [0.25, 0.3) is 0 Å². The van der Waals surface area contributed by atoms with E-state index in [1.165, 1.54) is 4.90 Å². The molecule has 0 saturated carbocycles. The number of hydrogen-bond donors (Lipinski definition) is 1. The normalized spacial score (nSPS) is 12.4. The van der Waals surface area contributed by atoms with Crippen LogP contribution in [0.3, 0.4) is 0 Å². The fraction of sp³-hybridized carbons (Fsp3) is 0.417. The maximum absolute atomic E-state index is 13.6. The lowest BCUT2D eigenvalue weighted by Crippen LogP contribution is -2.52. The second-order valence-electron chi connectivity index (χ2n) is 8.62. The van der Waals surface area contributed by atoms with E-state index in [9.17, 15) is 18.0 Å². The largest absolute Gasteiger partial charge is 0.352 e. The van der Waals surface area contributed by atoms with Crippen molar-refractivity contribution in [1.29, 1.82) is 0 Å². The van der Waals surface area contributed by atoms with E-state index < -0.39 is 28.5 Å². The van der Waals surface area contributed by atoms with Gasteiger partial charge in [0.05, 0.1) is 11.9 Å². The maximum atomic E-state index is 13.6. The van der Waals surface area contributed by atoms with Crippen molar-refractivity contribution in [1.82, 2.24) is 10.2 Å². The Balaban J connectivity index is 2.49. The summed E-state index contributed by atoms with van der Waals surface area (Å²) in [5.74, 6) is -0.934. The number of nitrogens with zero attached hydrogens (tertiary/aromatic N) is 2. The van der Waals surface area contributed by atoms with E-state index in [0.717, 1.165) is 16.1 Å². The Hall–Kier alpha value is -2.29. The SMILES string of the molecule is Cc1ccc(N(CC(=O)N(Cc2c(Cl)cccc2Cl)[C@@H](C)C(=O)NC(C)C)S(C)(=O)=O)c(C)c1. The first-order valence-electron chi connectivity index (χ1n) is 10.8. The second kappa shape index (κ2) is 11.4. The molecule has 0 aliphatic rings. The van der Waals surface area contributed by atoms with E-state index in [0.29, 0.717) is 26.9 Å². The number of benzene rings is 2. The average molecular weight is 529 g/mol. The van der Waals surface area contributed by atoms with Gasteiger partial charge in [-0.1, -0.05) is 47.0 Å². The summed E-state index contributed by atoms with van der Waals surface area (Å²) in [4.78, 5) is 27.7. The number of rotatable bonds is 9. The van der Waals surface area contributed by atoms with Gasteiger partial charge in [-0.2, -0.15) is 0 Å². The molecule has 7 nitrogen and oxygen atoms in total. The van der Waals surface area contributed by atoms with Gasteiger partial charge >= 0.3 is 0 Å². The molecule has 1 N–H and O–H groups in total. The lowest BCUT2D eigenvalue weighted by molar-refractivity contribution is -0.139. The number of amides is 2. The number of nitrogens with one attached hydrogen (secondary N) is 1. The molecule has 2 rings (SSSR count). The molecule has 2 aromatic carbocycles. The minimum absolute atomic E-state index is 0.0610. The molecule has 186 valence electrons. The van der Waals surface area contributed by atoms with Crippen molar-refractivity contribution in [3.8, 4) is 0 Å². The number of hydrogen-bond acceptors (Lipinski definition) is 4. The van der Waals surface area contributed by atoms with Gasteiger partial charge in [-0.05, 0) is 58.4 Å². The van der Waals surface area contributed by atoms with Crippen molar-refractivity contribution in [2.45, 2.75) is 53.2 Å². The third kappa shape index (κ3) is 7.10. The molecule has 0 radical (unpaired) electrons. The Kier molecular flexibility index (Phi) is 9.39. The highest BCUT2D eigenvalue weighted by atomic mass is 35.5. The van der Waals surface area contributed by atoms with Crippen LogP contribution in [0.1, 0.15) is 37.5 Å². The molecule has 2 amide bonds. The zero-order valence-corrected chi connectivity index (χ0v) is 22.6. The summed E-state index contributed by atoms with van der Waals surface area (Å²) >= 11 is 12.7. The molecule has 0 saturated heterocycles. The van der Waals surface area contributed by atoms with E-state index in [4.69, 9.17) is 23.2 Å². The van der Waals surface area contributed by atoms with Crippen molar-refractivity contribution >= 4 is 50.7 Å². The van der Waals surface area contributed by atoms with Gasteiger partial charge in [-0.25, -0.2) is 8.42 Å². The Morgan fingerprint density at radius 1 is 1.03 bits per heavy atom. The summed E-state index contributed by atoms with van der Waals surface area (Å²) < 4.78 is 26.4. The van der Waals surface area contributed by atoms with Gasteiger partial charge in [0.15, 0.2) is 0 Å². The van der Waals surface area contributed by atoms with Crippen LogP contribution in [0.5, 0.6) is 0 Å². The molecule has 0 spiro atoms. The van der Waals surface area contributed by atoms with Crippen molar-refractivity contribution in [2.24, 2.45) is 0 Å². The number of anilines is 1. The van der Waals surface area contributed by atoms with E-state index >= 15 is 0 Å². The molecule has 0 fully saturated rings. The second-order valence-corrected chi connectivity index (χ2v) is 11.3. The first-order chi connectivity index (χ1) is 15.7. The van der Waals surface area contributed by atoms with E-state index in [1.807, 2.05) is 26.8 Å². The van der Waals surface area contributed by atoms with Crippen molar-refractivity contribution in [2.75, 3.05) is 17.1 Å². The maximum Gasteiger partial charge on any atom is 0.244 e. The molecule has 2 aromatic rings. The molecular weight excluding hydrogens is 497 g/mol. The predicted molar refractivity (Wildman–Crippen MR) is 138 cm³/mol. The lowest BCUT2D eigenvalue weighted by atomic mass is 10.1. The number of carbonyl (C=O) groups is 2. The van der Waals surface area contributed by atoms with Crippen LogP contribution in [0.25, 0.3) is 0 Å². The minimum atomic E-state index is -3.80. The number of aryl methyl sites for hydroxylation is 2. The van der Waals surface area contributed by atoms with Crippen LogP contribution in [0.2, 0.25) is 10.0 Å². The molecule has 34 heavy (non-hydrogen) atoms. The third-order valence-corrected chi connectivity index (χ3v) is 7.12. The van der Waals surface area contributed by atoms with Crippen LogP contribution < -0.4 is 9.62 Å². The van der Waals surface area contributed by atoms with Gasteiger partial charge in [-0.3, -0.25) is 13.9 Å². The molecule has 10 heteroatoms. The highest BCUT2D eigenvalue weighted by Crippen LogP contribution is 2.28. The van der Waals surface area contributed by atoms with Gasteiger partial charge in [-0.15, -0.1) is 0 Å². The summed E-state index contributed by atoms with van der Waals surface area (Å²) in [7, 11) is -3.80. The Morgan fingerprint density at radius 2 is 1.62 bits per heavy atom. The lowest BCUT2D eigenvalue weighted by Gasteiger charge is -2.32. The Labute approximate surface area is 212 Å². The zero-order chi connectivity index (χ0) is 25.8. The van der Waals surface area contributed by atoms with Gasteiger partial charge in [0.1, 0.15) is 12.6 Å². The molecule has 0 bridgehead atoms. The van der Waals surface area contributed by atoms with Crippen LogP contribution in [0.4, 0.5) is 5.69 Å². The molecule has 0 aromatic heterocycles. The molecule has 0 heterocycles. The molecule has 0 aliphatic carbocycles. The van der Waals surface area contributed by atoms with Crippen LogP contribution in [0.15, 0.2) is 36.4 Å². The topological polar surface area (TPSA) is 86.8 Å². The quantitative estimate of drug-likeness (QED) is 0.526. The van der Waals surface area contributed by atoms with Crippen molar-refractivity contribution in [3.63, 3.8) is 0 Å². The fourth-order valence-corrected chi connectivity index (χ4v) is 4.95. The Morgan fingerprint density at radius 3 is 2.12 bits per heavy atom. The first-order valence-corrected chi connectivity index (χ1v) is 13.4. The summed E-state index contributed by atoms with van der Waals surface area (Å²) in [5, 5.41) is 3.48. The van der Waals surface area contributed by atoms with Crippen LogP contribution in [-0.2, 0) is 26.2 Å². The molecule has 1 atom stereocenters. The molecular formula is C24H31Cl2N3O4S. The molecule has 0 aliphatic heterocycles. The van der Waals surface area contributed by atoms with Crippen LogP contribution in [0, 0.1) is 13.8 Å². The van der Waals surface area contributed by atoms with Gasteiger partial charge in [0.2, 0.25) is 21.8 Å². The highest BCUT2D eigenvalue weighted by molar-refractivity contribution is 7.92. The monoisotopic (exact) mass is 527 g/mol. The number of halogens is 2. The smallest absolute Gasteiger partial charge is 0.244 e.